The van der Waals surface area contributed by atoms with E-state index in [0.717, 1.165) is 0 Å². The van der Waals surface area contributed by atoms with E-state index in [4.69, 9.17) is 17.3 Å². The molecule has 0 aromatic heterocycles. The van der Waals surface area contributed by atoms with Crippen molar-refractivity contribution < 1.29 is 40.8 Å². The molecule has 0 bridgehead atoms. The summed E-state index contributed by atoms with van der Waals surface area (Å²) in [5.74, 6) is 0. The van der Waals surface area contributed by atoms with Crippen molar-refractivity contribution >= 4 is 0 Å². The Balaban J connectivity index is 0. The quantitative estimate of drug-likeness (QED) is 0.302. The molecule has 0 fully saturated rings. The average Bonchev–Trinajstić information content (AvgIpc) is 1.39. The molecular weight excluding hydrogens is 176 g/mol. The Hall–Kier alpha value is 0.168. The van der Waals surface area contributed by atoms with Crippen LogP contribution in [0.3, 0.4) is 0 Å². The fourth-order valence-corrected chi connectivity index (χ4v) is 0. The Kier molecular flexibility index (Phi) is 30.2. The molecule has 0 saturated carbocycles. The second kappa shape index (κ2) is 19.1. The van der Waals surface area contributed by atoms with Gasteiger partial charge in [-0.15, -0.1) is 0 Å². The first-order valence-electron chi connectivity index (χ1n) is 0.698. The molecule has 0 aliphatic heterocycles. The van der Waals surface area contributed by atoms with Crippen LogP contribution in [0.25, 0.3) is 0 Å². The van der Waals surface area contributed by atoms with Crippen LogP contribution in [0.2, 0.25) is 0 Å². The topological polar surface area (TPSA) is 83.8 Å². The molecule has 0 aliphatic carbocycles. The van der Waals surface area contributed by atoms with Crippen molar-refractivity contribution in [3.8, 4) is 0 Å². The molecule has 0 aliphatic rings. The van der Waals surface area contributed by atoms with Crippen LogP contribution < -0.4 is 0 Å². The van der Waals surface area contributed by atoms with Crippen LogP contribution in [0.5, 0.6) is 0 Å². The normalized spacial score (nSPS) is 5.00. The minimum atomic E-state index is -2.03. The van der Waals surface area contributed by atoms with Crippen LogP contribution in [-0.4, -0.2) is 10.5 Å². The Morgan fingerprint density at radius 1 is 1.33 bits per heavy atom. The van der Waals surface area contributed by atoms with Crippen molar-refractivity contribution in [3.63, 3.8) is 0 Å². The summed E-state index contributed by atoms with van der Waals surface area (Å²) in [5.41, 5.74) is 0. The summed E-state index contributed by atoms with van der Waals surface area (Å²) in [4.78, 5) is 0. The number of hydrogen-bond acceptors (Lipinski definition) is 5. The predicted octanol–water partition coefficient (Wildman–Crippen LogP) is -0.291. The third-order valence-electron chi connectivity index (χ3n) is 0. The summed E-state index contributed by atoms with van der Waals surface area (Å²) in [5, 5.41) is 15.5. The molecule has 0 amide bonds. The summed E-state index contributed by atoms with van der Waals surface area (Å²) >= 11 is -2.03. The van der Waals surface area contributed by atoms with Gasteiger partial charge < -0.3 is 0 Å². The van der Waals surface area contributed by atoms with Gasteiger partial charge in [0.1, 0.15) is 0 Å². The number of rotatable bonds is 0. The Morgan fingerprint density at radius 2 is 1.33 bits per heavy atom. The summed E-state index contributed by atoms with van der Waals surface area (Å²) in [7, 11) is 0. The van der Waals surface area contributed by atoms with E-state index >= 15 is 0 Å². The van der Waals surface area contributed by atoms with E-state index in [2.05, 4.69) is 5.04 Å². The molecule has 0 unspecified atom stereocenters. The third-order valence-corrected chi connectivity index (χ3v) is 0. The van der Waals surface area contributed by atoms with Gasteiger partial charge in [0, 0.05) is 0 Å². The van der Waals surface area contributed by atoms with E-state index in [-0.39, 0.29) is 0 Å². The zero-order valence-electron chi connectivity index (χ0n) is 2.53. The van der Waals surface area contributed by atoms with Gasteiger partial charge in [-0.1, -0.05) is 5.04 Å². The fraction of sp³-hybridized carbons (Fsp3) is 0. The SMILES string of the molecule is OOO.[O]=[Mo]=[O]. The summed E-state index contributed by atoms with van der Waals surface area (Å²) in [6.07, 6.45) is 0. The maximum absolute atomic E-state index is 8.50. The van der Waals surface area contributed by atoms with E-state index in [9.17, 15) is 0 Å². The summed E-state index contributed by atoms with van der Waals surface area (Å²) in [6.45, 7) is 0. The van der Waals surface area contributed by atoms with Crippen LogP contribution >= 0.6 is 0 Å². The van der Waals surface area contributed by atoms with Gasteiger partial charge in [0.15, 0.2) is 0 Å². The van der Waals surface area contributed by atoms with Gasteiger partial charge in [0.05, 0.1) is 0 Å². The van der Waals surface area contributed by atoms with Crippen LogP contribution in [0.1, 0.15) is 0 Å². The zero-order chi connectivity index (χ0) is 5.41. The standard InChI is InChI=1S/Mo.H2O3.2O/c;1-3-2;;/h;1-2H;;. The van der Waals surface area contributed by atoms with E-state index < -0.39 is 18.5 Å². The molecule has 0 rings (SSSR count). The molecule has 0 heterocycles. The zero-order valence-corrected chi connectivity index (χ0v) is 4.53. The Labute approximate surface area is 41.6 Å². The van der Waals surface area contributed by atoms with Crippen LogP contribution in [0.15, 0.2) is 0 Å². The van der Waals surface area contributed by atoms with Crippen molar-refractivity contribution in [2.24, 2.45) is 0 Å². The molecule has 0 aromatic rings. The van der Waals surface area contributed by atoms with Gasteiger partial charge in [0.2, 0.25) is 0 Å². The Morgan fingerprint density at radius 3 is 1.33 bits per heavy atom. The summed E-state index contributed by atoms with van der Waals surface area (Å²) in [6, 6.07) is 0. The molecule has 0 spiro atoms. The molecular formula is H2MoO5. The molecule has 2 N–H and O–H groups in total. The van der Waals surface area contributed by atoms with Gasteiger partial charge in [0.25, 0.3) is 0 Å². The van der Waals surface area contributed by atoms with E-state index in [0.29, 0.717) is 0 Å². The van der Waals surface area contributed by atoms with Gasteiger partial charge in [-0.05, 0) is 0 Å². The molecule has 38 valence electrons. The van der Waals surface area contributed by atoms with Crippen molar-refractivity contribution in [2.75, 3.05) is 0 Å². The van der Waals surface area contributed by atoms with E-state index in [1.165, 1.54) is 0 Å². The van der Waals surface area contributed by atoms with E-state index in [1.54, 1.807) is 0 Å². The van der Waals surface area contributed by atoms with Crippen molar-refractivity contribution in [1.82, 2.24) is 0 Å². The van der Waals surface area contributed by atoms with Gasteiger partial charge >= 0.3 is 25.3 Å². The Bertz CT molecular complexity index is 33.2. The molecule has 0 aromatic carbocycles. The first-order valence-corrected chi connectivity index (χ1v) is 2.34. The first kappa shape index (κ1) is 9.48. The van der Waals surface area contributed by atoms with Crippen molar-refractivity contribution in [2.45, 2.75) is 0 Å². The van der Waals surface area contributed by atoms with Crippen LogP contribution in [0, 0.1) is 0 Å². The molecule has 6 heteroatoms. The monoisotopic (exact) mass is 180 g/mol. The van der Waals surface area contributed by atoms with Crippen molar-refractivity contribution in [3.05, 3.63) is 0 Å². The number of hydrogen-bond donors (Lipinski definition) is 2. The van der Waals surface area contributed by atoms with Crippen LogP contribution in [0.4, 0.5) is 0 Å². The summed E-state index contributed by atoms with van der Waals surface area (Å²) < 4.78 is 17.0. The van der Waals surface area contributed by atoms with E-state index in [1.807, 2.05) is 0 Å². The first-order chi connectivity index (χ1) is 2.83. The van der Waals surface area contributed by atoms with Crippen molar-refractivity contribution in [1.29, 1.82) is 0 Å². The molecule has 0 saturated heterocycles. The van der Waals surface area contributed by atoms with Gasteiger partial charge in [-0.2, -0.15) is 0 Å². The molecule has 6 heavy (non-hydrogen) atoms. The van der Waals surface area contributed by atoms with Gasteiger partial charge in [-0.25, -0.2) is 10.5 Å². The average molecular weight is 178 g/mol. The molecule has 5 nitrogen and oxygen atoms in total. The second-order valence-corrected chi connectivity index (χ2v) is 0.484. The molecule has 0 atom stereocenters. The second-order valence-electron chi connectivity index (χ2n) is 0.150. The maximum atomic E-state index is 8.50. The minimum absolute atomic E-state index is 2.03. The van der Waals surface area contributed by atoms with Gasteiger partial charge in [-0.3, -0.25) is 0 Å². The third kappa shape index (κ3) is 1480. The fourth-order valence-electron chi connectivity index (χ4n) is 0. The van der Waals surface area contributed by atoms with Crippen LogP contribution in [-0.2, 0) is 30.3 Å². The predicted molar refractivity (Wildman–Crippen MR) is 7.72 cm³/mol. The molecule has 0 radical (unpaired) electrons.